The number of morpholine rings is 1. The normalized spacial score (nSPS) is 18.2. The van der Waals surface area contributed by atoms with Crippen LogP contribution in [0.1, 0.15) is 48.1 Å². The van der Waals surface area contributed by atoms with Crippen LogP contribution in [0.5, 0.6) is 5.75 Å². The quantitative estimate of drug-likeness (QED) is 0.665. The lowest BCUT2D eigenvalue weighted by molar-refractivity contribution is -0.146. The zero-order chi connectivity index (χ0) is 23.4. The zero-order valence-electron chi connectivity index (χ0n) is 18.9. The van der Waals surface area contributed by atoms with E-state index in [1.807, 2.05) is 27.4 Å². The van der Waals surface area contributed by atoms with E-state index in [0.717, 1.165) is 17.8 Å². The van der Waals surface area contributed by atoms with Crippen molar-refractivity contribution >= 4 is 34.8 Å². The molecule has 2 aliphatic heterocycles. The third kappa shape index (κ3) is 5.84. The van der Waals surface area contributed by atoms with Gasteiger partial charge < -0.3 is 14.4 Å². The molecule has 1 aromatic carbocycles. The van der Waals surface area contributed by atoms with E-state index >= 15 is 0 Å². The minimum Gasteiger partial charge on any atom is -0.476 e. The van der Waals surface area contributed by atoms with Gasteiger partial charge in [0.25, 0.3) is 11.8 Å². The number of amides is 2. The number of benzene rings is 1. The van der Waals surface area contributed by atoms with Gasteiger partial charge >= 0.3 is 0 Å². The van der Waals surface area contributed by atoms with Gasteiger partial charge in [-0.05, 0) is 38.8 Å². The molecule has 2 saturated heterocycles. The van der Waals surface area contributed by atoms with Crippen molar-refractivity contribution in [1.82, 2.24) is 20.3 Å². The number of para-hydroxylation sites is 1. The molecule has 3 heterocycles. The molecule has 0 unspecified atom stereocenters. The summed E-state index contributed by atoms with van der Waals surface area (Å²) in [7, 11) is 0. The van der Waals surface area contributed by atoms with Crippen LogP contribution in [0.4, 0.5) is 0 Å². The Hall–Kier alpha value is -2.20. The van der Waals surface area contributed by atoms with E-state index in [0.29, 0.717) is 55.9 Å². The average molecular weight is 493 g/mol. The van der Waals surface area contributed by atoms with E-state index in [9.17, 15) is 9.59 Å². The van der Waals surface area contributed by atoms with Crippen molar-refractivity contribution in [3.05, 3.63) is 45.4 Å². The van der Waals surface area contributed by atoms with Crippen LogP contribution >= 0.6 is 22.9 Å². The first-order chi connectivity index (χ1) is 15.8. The molecule has 0 radical (unpaired) electrons. The van der Waals surface area contributed by atoms with Crippen LogP contribution in [-0.2, 0) is 9.53 Å². The number of aromatic nitrogens is 1. The van der Waals surface area contributed by atoms with Crippen molar-refractivity contribution in [3.8, 4) is 5.75 Å². The first-order valence-electron chi connectivity index (χ1n) is 11.2. The standard InChI is InChI=1S/C23H29ClN4O4S/c1-23(2,32-19-6-4-3-5-17(19)24)22(30)27-9-7-16(8-10-27)21-25-18(15-33-21)20(29)26-28-11-13-31-14-12-28/h3-6,15-16H,7-14H2,1-2H3,(H,26,29). The maximum Gasteiger partial charge on any atom is 0.285 e. The lowest BCUT2D eigenvalue weighted by atomic mass is 9.96. The summed E-state index contributed by atoms with van der Waals surface area (Å²) < 4.78 is 11.3. The Kier molecular flexibility index (Phi) is 7.53. The van der Waals surface area contributed by atoms with Crippen LogP contribution in [0.15, 0.2) is 29.6 Å². The van der Waals surface area contributed by atoms with Gasteiger partial charge in [0.2, 0.25) is 0 Å². The van der Waals surface area contributed by atoms with Gasteiger partial charge in [0.05, 0.1) is 23.2 Å². The minimum absolute atomic E-state index is 0.0643. The fraction of sp³-hybridized carbons (Fsp3) is 0.522. The predicted molar refractivity (Wildman–Crippen MR) is 127 cm³/mol. The lowest BCUT2D eigenvalue weighted by Gasteiger charge is -2.36. The van der Waals surface area contributed by atoms with Gasteiger partial charge in [-0.25, -0.2) is 9.99 Å². The van der Waals surface area contributed by atoms with Crippen molar-refractivity contribution in [1.29, 1.82) is 0 Å². The molecule has 2 aromatic rings. The summed E-state index contributed by atoms with van der Waals surface area (Å²) >= 11 is 7.70. The summed E-state index contributed by atoms with van der Waals surface area (Å²) in [5.74, 6) is 0.478. The number of hydrogen-bond acceptors (Lipinski definition) is 7. The molecule has 1 N–H and O–H groups in total. The first-order valence-corrected chi connectivity index (χ1v) is 12.4. The number of nitrogens with one attached hydrogen (secondary N) is 1. The molecule has 2 aliphatic rings. The highest BCUT2D eigenvalue weighted by molar-refractivity contribution is 7.09. The maximum atomic E-state index is 13.1. The second kappa shape index (κ2) is 10.4. The number of ether oxygens (including phenoxy) is 2. The van der Waals surface area contributed by atoms with Gasteiger partial charge in [-0.3, -0.25) is 15.0 Å². The van der Waals surface area contributed by atoms with Gasteiger partial charge in [-0.1, -0.05) is 23.7 Å². The molecular weight excluding hydrogens is 464 g/mol. The fourth-order valence-electron chi connectivity index (χ4n) is 4.01. The van der Waals surface area contributed by atoms with Crippen LogP contribution in [0.2, 0.25) is 5.02 Å². The summed E-state index contributed by atoms with van der Waals surface area (Å²) in [5.41, 5.74) is 2.31. The Labute approximate surface area is 202 Å². The zero-order valence-corrected chi connectivity index (χ0v) is 20.5. The summed E-state index contributed by atoms with van der Waals surface area (Å²) in [6.45, 7) is 7.34. The van der Waals surface area contributed by atoms with Gasteiger partial charge in [-0.15, -0.1) is 11.3 Å². The SMILES string of the molecule is CC(C)(Oc1ccccc1Cl)C(=O)N1CCC(c2nc(C(=O)NN3CCOCC3)cs2)CC1. The summed E-state index contributed by atoms with van der Waals surface area (Å²) in [5, 5.41) is 5.10. The number of thiazole rings is 1. The Morgan fingerprint density at radius 1 is 1.18 bits per heavy atom. The number of carbonyl (C=O) groups excluding carboxylic acids is 2. The largest absolute Gasteiger partial charge is 0.476 e. The summed E-state index contributed by atoms with van der Waals surface area (Å²) in [4.78, 5) is 32.1. The molecule has 0 atom stereocenters. The number of hydrazine groups is 1. The van der Waals surface area contributed by atoms with Gasteiger partial charge in [0.15, 0.2) is 5.60 Å². The molecular formula is C23H29ClN4O4S. The van der Waals surface area contributed by atoms with Crippen LogP contribution in [0, 0.1) is 0 Å². The smallest absolute Gasteiger partial charge is 0.285 e. The van der Waals surface area contributed by atoms with Crippen molar-refractivity contribution in [3.63, 3.8) is 0 Å². The molecule has 2 amide bonds. The van der Waals surface area contributed by atoms with Crippen molar-refractivity contribution in [2.24, 2.45) is 0 Å². The molecule has 8 nitrogen and oxygen atoms in total. The molecule has 4 rings (SSSR count). The molecule has 2 fully saturated rings. The molecule has 178 valence electrons. The first kappa shape index (κ1) is 23.9. The van der Waals surface area contributed by atoms with E-state index in [4.69, 9.17) is 21.1 Å². The molecule has 0 saturated carbocycles. The van der Waals surface area contributed by atoms with Gasteiger partial charge in [0, 0.05) is 37.5 Å². The minimum atomic E-state index is -1.02. The van der Waals surface area contributed by atoms with Gasteiger partial charge in [0.1, 0.15) is 11.4 Å². The number of hydrogen-bond donors (Lipinski definition) is 1. The Morgan fingerprint density at radius 3 is 2.58 bits per heavy atom. The lowest BCUT2D eigenvalue weighted by Crippen LogP contribution is -2.51. The fourth-order valence-corrected chi connectivity index (χ4v) is 5.16. The second-order valence-corrected chi connectivity index (χ2v) is 10.0. The van der Waals surface area contributed by atoms with Crippen molar-refractivity contribution in [2.75, 3.05) is 39.4 Å². The van der Waals surface area contributed by atoms with Crippen molar-refractivity contribution in [2.45, 2.75) is 38.2 Å². The molecule has 0 spiro atoms. The highest BCUT2D eigenvalue weighted by Crippen LogP contribution is 2.33. The molecule has 1 aromatic heterocycles. The molecule has 0 bridgehead atoms. The van der Waals surface area contributed by atoms with Crippen LogP contribution in [0.3, 0.4) is 0 Å². The topological polar surface area (TPSA) is 84.0 Å². The molecule has 0 aliphatic carbocycles. The Balaban J connectivity index is 1.31. The van der Waals surface area contributed by atoms with Crippen LogP contribution < -0.4 is 10.2 Å². The summed E-state index contributed by atoms with van der Waals surface area (Å²) in [6.07, 6.45) is 1.60. The number of carbonyl (C=O) groups is 2. The van der Waals surface area contributed by atoms with E-state index in [-0.39, 0.29) is 17.7 Å². The third-order valence-corrected chi connectivity index (χ3v) is 7.19. The number of piperidine rings is 1. The molecule has 10 heteroatoms. The van der Waals surface area contributed by atoms with E-state index in [1.165, 1.54) is 11.3 Å². The molecule has 33 heavy (non-hydrogen) atoms. The van der Waals surface area contributed by atoms with E-state index < -0.39 is 5.60 Å². The van der Waals surface area contributed by atoms with Crippen LogP contribution in [0.25, 0.3) is 0 Å². The highest BCUT2D eigenvalue weighted by atomic mass is 35.5. The number of rotatable bonds is 6. The second-order valence-electron chi connectivity index (χ2n) is 8.72. The monoisotopic (exact) mass is 492 g/mol. The van der Waals surface area contributed by atoms with Crippen LogP contribution in [-0.4, -0.2) is 71.7 Å². The predicted octanol–water partition coefficient (Wildman–Crippen LogP) is 3.34. The maximum absolute atomic E-state index is 13.1. The highest BCUT2D eigenvalue weighted by Gasteiger charge is 2.37. The average Bonchev–Trinajstić information content (AvgIpc) is 3.31. The van der Waals surface area contributed by atoms with E-state index in [2.05, 4.69) is 10.4 Å². The Morgan fingerprint density at radius 2 is 1.88 bits per heavy atom. The number of likely N-dealkylation sites (tertiary alicyclic amines) is 1. The Bertz CT molecular complexity index is 984. The third-order valence-electron chi connectivity index (χ3n) is 5.87. The van der Waals surface area contributed by atoms with E-state index in [1.54, 1.807) is 26.0 Å². The van der Waals surface area contributed by atoms with Crippen molar-refractivity contribution < 1.29 is 19.1 Å². The number of halogens is 1. The van der Waals surface area contributed by atoms with Gasteiger partial charge in [-0.2, -0.15) is 0 Å². The summed E-state index contributed by atoms with van der Waals surface area (Å²) in [6, 6.07) is 7.16. The number of nitrogens with zero attached hydrogens (tertiary/aromatic N) is 3.